The van der Waals surface area contributed by atoms with E-state index < -0.39 is 0 Å². The number of hydrogen-bond donors (Lipinski definition) is 1. The molecule has 1 aliphatic rings. The molecule has 0 radical (unpaired) electrons. The second kappa shape index (κ2) is 7.19. The monoisotopic (exact) mass is 267 g/mol. The van der Waals surface area contributed by atoms with Gasteiger partial charge in [0.1, 0.15) is 0 Å². The highest BCUT2D eigenvalue weighted by Gasteiger charge is 2.16. The Balaban J connectivity index is 1.74. The van der Waals surface area contributed by atoms with Gasteiger partial charge in [0.05, 0.1) is 5.69 Å². The molecule has 1 heterocycles. The molecule has 1 saturated carbocycles. The Morgan fingerprint density at radius 3 is 2.83 bits per heavy atom. The van der Waals surface area contributed by atoms with Crippen LogP contribution in [0.15, 0.2) is 12.3 Å². The number of hydrogen-bond acceptors (Lipinski definition) is 3. The summed E-state index contributed by atoms with van der Waals surface area (Å²) in [6.45, 7) is 0. The third-order valence-electron chi connectivity index (χ3n) is 3.72. The van der Waals surface area contributed by atoms with Crippen molar-refractivity contribution in [2.45, 2.75) is 49.8 Å². The largest absolute Gasteiger partial charge is 0.316 e. The SMILES string of the molecule is CNC(CSC1CCCCC1)Cc1ccn(C)n1. The number of likely N-dealkylation sites (N-methyl/N-ethyl adjacent to an activating group) is 1. The normalized spacial score (nSPS) is 19.0. The molecule has 0 saturated heterocycles. The van der Waals surface area contributed by atoms with Crippen LogP contribution in [0.2, 0.25) is 0 Å². The lowest BCUT2D eigenvalue weighted by molar-refractivity contribution is 0.514. The molecule has 1 aromatic rings. The fraction of sp³-hybridized carbons (Fsp3) is 0.786. The Morgan fingerprint density at radius 2 is 2.22 bits per heavy atom. The van der Waals surface area contributed by atoms with Crippen LogP contribution in [0.5, 0.6) is 0 Å². The van der Waals surface area contributed by atoms with E-state index in [1.165, 1.54) is 43.6 Å². The first-order valence-electron chi connectivity index (χ1n) is 7.05. The maximum absolute atomic E-state index is 4.46. The average Bonchev–Trinajstić information content (AvgIpc) is 2.81. The van der Waals surface area contributed by atoms with Crippen molar-refractivity contribution in [2.75, 3.05) is 12.8 Å². The molecule has 102 valence electrons. The summed E-state index contributed by atoms with van der Waals surface area (Å²) in [7, 11) is 4.05. The minimum Gasteiger partial charge on any atom is -0.316 e. The minimum atomic E-state index is 0.548. The Kier molecular flexibility index (Phi) is 5.57. The molecule has 0 spiro atoms. The highest BCUT2D eigenvalue weighted by molar-refractivity contribution is 7.99. The predicted molar refractivity (Wildman–Crippen MR) is 79.1 cm³/mol. The summed E-state index contributed by atoms with van der Waals surface area (Å²) in [5.41, 5.74) is 1.20. The van der Waals surface area contributed by atoms with Gasteiger partial charge >= 0.3 is 0 Å². The van der Waals surface area contributed by atoms with Gasteiger partial charge in [-0.05, 0) is 26.0 Å². The van der Waals surface area contributed by atoms with Crippen molar-refractivity contribution >= 4 is 11.8 Å². The van der Waals surface area contributed by atoms with Crippen LogP contribution in [0.1, 0.15) is 37.8 Å². The Morgan fingerprint density at radius 1 is 1.44 bits per heavy atom. The number of nitrogens with one attached hydrogen (secondary N) is 1. The summed E-state index contributed by atoms with van der Waals surface area (Å²) in [4.78, 5) is 0. The van der Waals surface area contributed by atoms with Crippen molar-refractivity contribution in [3.8, 4) is 0 Å². The zero-order chi connectivity index (χ0) is 12.8. The van der Waals surface area contributed by atoms with Crippen LogP contribution < -0.4 is 5.32 Å². The molecule has 18 heavy (non-hydrogen) atoms. The van der Waals surface area contributed by atoms with E-state index in [0.29, 0.717) is 6.04 Å². The van der Waals surface area contributed by atoms with Crippen molar-refractivity contribution in [3.63, 3.8) is 0 Å². The van der Waals surface area contributed by atoms with Crippen LogP contribution in [0.4, 0.5) is 0 Å². The summed E-state index contributed by atoms with van der Waals surface area (Å²) in [6, 6.07) is 2.67. The van der Waals surface area contributed by atoms with Gasteiger partial charge in [0.25, 0.3) is 0 Å². The zero-order valence-corrected chi connectivity index (χ0v) is 12.4. The molecule has 0 amide bonds. The molecule has 4 heteroatoms. The van der Waals surface area contributed by atoms with Gasteiger partial charge in [-0.15, -0.1) is 0 Å². The molecule has 1 aromatic heterocycles. The molecule has 0 bridgehead atoms. The number of nitrogens with zero attached hydrogens (tertiary/aromatic N) is 2. The van der Waals surface area contributed by atoms with E-state index in [-0.39, 0.29) is 0 Å². The smallest absolute Gasteiger partial charge is 0.0640 e. The predicted octanol–water partition coefficient (Wildman–Crippen LogP) is 2.62. The van der Waals surface area contributed by atoms with Gasteiger partial charge in [-0.25, -0.2) is 0 Å². The first-order chi connectivity index (χ1) is 8.78. The fourth-order valence-corrected chi connectivity index (χ4v) is 4.01. The van der Waals surface area contributed by atoms with Crippen LogP contribution in [-0.2, 0) is 13.5 Å². The summed E-state index contributed by atoms with van der Waals surface area (Å²) < 4.78 is 1.89. The average molecular weight is 267 g/mol. The lowest BCUT2D eigenvalue weighted by Crippen LogP contribution is -2.31. The van der Waals surface area contributed by atoms with Gasteiger partial charge in [0.2, 0.25) is 0 Å². The number of thioether (sulfide) groups is 1. The molecule has 1 N–H and O–H groups in total. The molecule has 1 atom stereocenters. The summed E-state index contributed by atoms with van der Waals surface area (Å²) in [5, 5.41) is 8.79. The standard InChI is InChI=1S/C14H25N3S/c1-15-13(10-12-8-9-17(2)16-12)11-18-14-6-4-3-5-7-14/h8-9,13-15H,3-7,10-11H2,1-2H3. The first-order valence-corrected chi connectivity index (χ1v) is 8.10. The molecular weight excluding hydrogens is 242 g/mol. The summed E-state index contributed by atoms with van der Waals surface area (Å²) in [6.07, 6.45) is 10.2. The fourth-order valence-electron chi connectivity index (χ4n) is 2.55. The van der Waals surface area contributed by atoms with Crippen LogP contribution in [0.25, 0.3) is 0 Å². The lowest BCUT2D eigenvalue weighted by Gasteiger charge is -2.23. The molecule has 0 aromatic carbocycles. The van der Waals surface area contributed by atoms with Crippen LogP contribution >= 0.6 is 11.8 Å². The minimum absolute atomic E-state index is 0.548. The molecular formula is C14H25N3S. The van der Waals surface area contributed by atoms with E-state index in [1.807, 2.05) is 17.9 Å². The number of aryl methyl sites for hydroxylation is 1. The second-order valence-corrected chi connectivity index (χ2v) is 6.60. The van der Waals surface area contributed by atoms with Crippen molar-refractivity contribution < 1.29 is 0 Å². The molecule has 3 nitrogen and oxygen atoms in total. The highest BCUT2D eigenvalue weighted by atomic mass is 32.2. The van der Waals surface area contributed by atoms with Gasteiger partial charge < -0.3 is 5.32 Å². The summed E-state index contributed by atoms with van der Waals surface area (Å²) >= 11 is 2.16. The third kappa shape index (κ3) is 4.32. The van der Waals surface area contributed by atoms with Crippen molar-refractivity contribution in [1.29, 1.82) is 0 Å². The van der Waals surface area contributed by atoms with Crippen molar-refractivity contribution in [1.82, 2.24) is 15.1 Å². The van der Waals surface area contributed by atoms with Crippen molar-refractivity contribution in [3.05, 3.63) is 18.0 Å². The summed E-state index contributed by atoms with van der Waals surface area (Å²) in [5.74, 6) is 1.21. The van der Waals surface area contributed by atoms with Crippen LogP contribution in [-0.4, -0.2) is 33.9 Å². The van der Waals surface area contributed by atoms with E-state index in [9.17, 15) is 0 Å². The number of aromatic nitrogens is 2. The third-order valence-corrected chi connectivity index (χ3v) is 5.26. The van der Waals surface area contributed by atoms with Gasteiger partial charge in [-0.1, -0.05) is 19.3 Å². The van der Waals surface area contributed by atoms with E-state index in [2.05, 4.69) is 35.3 Å². The second-order valence-electron chi connectivity index (χ2n) is 5.26. The van der Waals surface area contributed by atoms with Gasteiger partial charge in [-0.3, -0.25) is 4.68 Å². The Hall–Kier alpha value is -0.480. The van der Waals surface area contributed by atoms with E-state index in [1.54, 1.807) is 0 Å². The van der Waals surface area contributed by atoms with E-state index >= 15 is 0 Å². The topological polar surface area (TPSA) is 29.9 Å². The number of rotatable bonds is 6. The molecule has 1 aliphatic carbocycles. The first kappa shape index (κ1) is 13.9. The maximum atomic E-state index is 4.46. The van der Waals surface area contributed by atoms with Gasteiger partial charge in [0, 0.05) is 36.7 Å². The van der Waals surface area contributed by atoms with E-state index in [4.69, 9.17) is 0 Å². The Bertz CT molecular complexity index is 345. The quantitative estimate of drug-likeness (QED) is 0.859. The van der Waals surface area contributed by atoms with Crippen molar-refractivity contribution in [2.24, 2.45) is 7.05 Å². The highest BCUT2D eigenvalue weighted by Crippen LogP contribution is 2.28. The molecule has 1 fully saturated rings. The van der Waals surface area contributed by atoms with Gasteiger partial charge in [-0.2, -0.15) is 16.9 Å². The molecule has 0 aliphatic heterocycles. The van der Waals surface area contributed by atoms with Gasteiger partial charge in [0.15, 0.2) is 0 Å². The Labute approximate surface area is 115 Å². The lowest BCUT2D eigenvalue weighted by atomic mass is 10.0. The zero-order valence-electron chi connectivity index (χ0n) is 11.6. The van der Waals surface area contributed by atoms with Crippen LogP contribution in [0.3, 0.4) is 0 Å². The molecule has 2 rings (SSSR count). The van der Waals surface area contributed by atoms with Crippen LogP contribution in [0, 0.1) is 0 Å². The van der Waals surface area contributed by atoms with E-state index in [0.717, 1.165) is 11.7 Å². The maximum Gasteiger partial charge on any atom is 0.0640 e. The molecule has 1 unspecified atom stereocenters.